The molecule has 0 aromatic rings. The second kappa shape index (κ2) is 12.4. The number of hydrogen-bond donors (Lipinski definition) is 6. The van der Waals surface area contributed by atoms with E-state index in [0.717, 1.165) is 0 Å². The fraction of sp³-hybridized carbons (Fsp3) is 0.714. The third kappa shape index (κ3) is 7.11. The summed E-state index contributed by atoms with van der Waals surface area (Å²) in [6, 6.07) is -5.32. The van der Waals surface area contributed by atoms with E-state index >= 15 is 0 Å². The van der Waals surface area contributed by atoms with Crippen molar-refractivity contribution < 1.29 is 39.0 Å². The maximum absolute atomic E-state index is 13.3. The number of amides is 5. The van der Waals surface area contributed by atoms with Crippen molar-refractivity contribution in [2.75, 3.05) is 19.7 Å². The zero-order valence-corrected chi connectivity index (χ0v) is 19.6. The highest BCUT2D eigenvalue weighted by molar-refractivity contribution is 5.96. The molecule has 0 spiro atoms. The predicted octanol–water partition coefficient (Wildman–Crippen LogP) is -3.37. The molecule has 35 heavy (non-hydrogen) atoms. The third-order valence-corrected chi connectivity index (χ3v) is 6.16. The molecule has 2 aliphatic heterocycles. The van der Waals surface area contributed by atoms with Crippen LogP contribution in [0.5, 0.6) is 0 Å². The van der Waals surface area contributed by atoms with Crippen LogP contribution in [-0.4, -0.2) is 105 Å². The van der Waals surface area contributed by atoms with Crippen molar-refractivity contribution in [3.05, 3.63) is 0 Å². The maximum Gasteiger partial charge on any atom is 0.328 e. The standard InChI is InChI=1S/C21H34N6O8/c1-11(22)19(32)27-9-3-5-15(27)20(33)26-8-2-4-14(26)18(31)24-12(6-7-16(23)29)17(30)25-13(10-28)21(34)35/h11-15,28H,2-10,22H2,1H3,(H2,23,29)(H,24,31)(H,25,30)(H,34,35)/t11-,12-,13-,14-,15-/m0/s1. The molecular formula is C21H34N6O8. The summed E-state index contributed by atoms with van der Waals surface area (Å²) in [4.78, 5) is 76.5. The molecule has 0 unspecified atom stereocenters. The SMILES string of the molecule is C[C@H](N)C(=O)N1CCC[C@H]1C(=O)N1CCC[C@H]1C(=O)N[C@@H](CCC(N)=O)C(=O)N[C@@H](CO)C(=O)O. The van der Waals surface area contributed by atoms with Gasteiger partial charge in [0.05, 0.1) is 12.6 Å². The van der Waals surface area contributed by atoms with Gasteiger partial charge in [-0.15, -0.1) is 0 Å². The molecule has 2 saturated heterocycles. The lowest BCUT2D eigenvalue weighted by Gasteiger charge is -2.32. The number of aliphatic hydroxyl groups is 1. The normalized spacial score (nSPS) is 22.3. The van der Waals surface area contributed by atoms with Gasteiger partial charge in [-0.1, -0.05) is 0 Å². The van der Waals surface area contributed by atoms with Crippen molar-refractivity contribution in [2.24, 2.45) is 11.5 Å². The molecule has 8 N–H and O–H groups in total. The molecular weight excluding hydrogens is 464 g/mol. The van der Waals surface area contributed by atoms with E-state index in [9.17, 15) is 28.8 Å². The largest absolute Gasteiger partial charge is 0.480 e. The summed E-state index contributed by atoms with van der Waals surface area (Å²) in [5, 5.41) is 22.8. The van der Waals surface area contributed by atoms with Gasteiger partial charge < -0.3 is 42.1 Å². The smallest absolute Gasteiger partial charge is 0.328 e. The lowest BCUT2D eigenvalue weighted by molar-refractivity contribution is -0.147. The van der Waals surface area contributed by atoms with E-state index < -0.39 is 60.5 Å². The van der Waals surface area contributed by atoms with Crippen LogP contribution in [0.1, 0.15) is 45.4 Å². The Labute approximate surface area is 202 Å². The number of rotatable bonds is 11. The topological polar surface area (TPSA) is 225 Å². The van der Waals surface area contributed by atoms with Gasteiger partial charge in [0.1, 0.15) is 24.2 Å². The molecule has 2 fully saturated rings. The first-order valence-electron chi connectivity index (χ1n) is 11.6. The van der Waals surface area contributed by atoms with Crippen LogP contribution in [0.4, 0.5) is 0 Å². The lowest BCUT2D eigenvalue weighted by Crippen LogP contribution is -2.58. The maximum atomic E-state index is 13.3. The molecule has 2 rings (SSSR count). The molecule has 5 amide bonds. The Morgan fingerprint density at radius 2 is 1.57 bits per heavy atom. The number of aliphatic hydroxyl groups excluding tert-OH is 1. The molecule has 0 radical (unpaired) electrons. The van der Waals surface area contributed by atoms with Crippen LogP contribution in [0.2, 0.25) is 0 Å². The molecule has 0 bridgehead atoms. The zero-order valence-electron chi connectivity index (χ0n) is 19.6. The molecule has 0 aliphatic carbocycles. The summed E-state index contributed by atoms with van der Waals surface area (Å²) >= 11 is 0. The minimum Gasteiger partial charge on any atom is -0.480 e. The second-order valence-electron chi connectivity index (χ2n) is 8.82. The van der Waals surface area contributed by atoms with Crippen molar-refractivity contribution in [2.45, 2.75) is 75.7 Å². The highest BCUT2D eigenvalue weighted by atomic mass is 16.4. The number of carboxylic acids is 1. The molecule has 0 aromatic carbocycles. The Kier molecular flexibility index (Phi) is 9.95. The van der Waals surface area contributed by atoms with Gasteiger partial charge in [0, 0.05) is 19.5 Å². The lowest BCUT2D eigenvalue weighted by atomic mass is 10.1. The molecule has 196 valence electrons. The van der Waals surface area contributed by atoms with Crippen LogP contribution >= 0.6 is 0 Å². The van der Waals surface area contributed by atoms with E-state index in [1.807, 2.05) is 0 Å². The summed E-state index contributed by atoms with van der Waals surface area (Å²) in [6.07, 6.45) is 1.46. The second-order valence-corrected chi connectivity index (χ2v) is 8.82. The number of primary amides is 1. The van der Waals surface area contributed by atoms with Crippen molar-refractivity contribution >= 4 is 35.5 Å². The van der Waals surface area contributed by atoms with E-state index in [-0.39, 0.29) is 31.2 Å². The van der Waals surface area contributed by atoms with Gasteiger partial charge in [-0.2, -0.15) is 0 Å². The molecule has 14 heteroatoms. The molecule has 5 atom stereocenters. The number of carbonyl (C=O) groups excluding carboxylic acids is 5. The first kappa shape index (κ1) is 28.0. The minimum atomic E-state index is -1.60. The average Bonchev–Trinajstić information content (AvgIpc) is 3.48. The number of nitrogens with two attached hydrogens (primary N) is 2. The first-order valence-corrected chi connectivity index (χ1v) is 11.6. The predicted molar refractivity (Wildman–Crippen MR) is 120 cm³/mol. The summed E-state index contributed by atoms with van der Waals surface area (Å²) in [6.45, 7) is 1.35. The fourth-order valence-corrected chi connectivity index (χ4v) is 4.32. The van der Waals surface area contributed by atoms with Crippen LogP contribution in [0.25, 0.3) is 0 Å². The van der Waals surface area contributed by atoms with E-state index in [1.54, 1.807) is 0 Å². The van der Waals surface area contributed by atoms with Gasteiger partial charge >= 0.3 is 5.97 Å². The molecule has 2 aliphatic rings. The Morgan fingerprint density at radius 1 is 0.971 bits per heavy atom. The minimum absolute atomic E-state index is 0.204. The van der Waals surface area contributed by atoms with E-state index in [0.29, 0.717) is 32.2 Å². The van der Waals surface area contributed by atoms with E-state index in [4.69, 9.17) is 21.7 Å². The van der Waals surface area contributed by atoms with Crippen LogP contribution in [0.3, 0.4) is 0 Å². The van der Waals surface area contributed by atoms with Crippen LogP contribution in [-0.2, 0) is 28.8 Å². The number of hydrogen-bond acceptors (Lipinski definition) is 8. The average molecular weight is 499 g/mol. The summed E-state index contributed by atoms with van der Waals surface area (Å²) in [5.41, 5.74) is 10.8. The summed E-state index contributed by atoms with van der Waals surface area (Å²) in [7, 11) is 0. The van der Waals surface area contributed by atoms with Crippen molar-refractivity contribution in [3.63, 3.8) is 0 Å². The van der Waals surface area contributed by atoms with Gasteiger partial charge in [-0.3, -0.25) is 24.0 Å². The Bertz CT molecular complexity index is 850. The number of aliphatic carboxylic acids is 1. The van der Waals surface area contributed by atoms with Crippen molar-refractivity contribution in [1.82, 2.24) is 20.4 Å². The summed E-state index contributed by atoms with van der Waals surface area (Å²) < 4.78 is 0. The Balaban J connectivity index is 2.13. The van der Waals surface area contributed by atoms with Crippen LogP contribution in [0, 0.1) is 0 Å². The fourth-order valence-electron chi connectivity index (χ4n) is 4.32. The number of nitrogens with one attached hydrogen (secondary N) is 2. The number of carbonyl (C=O) groups is 6. The number of carboxylic acid groups (broad SMARTS) is 1. The monoisotopic (exact) mass is 498 g/mol. The Hall–Kier alpha value is -3.26. The van der Waals surface area contributed by atoms with Gasteiger partial charge in [0.2, 0.25) is 29.5 Å². The van der Waals surface area contributed by atoms with Crippen molar-refractivity contribution in [1.29, 1.82) is 0 Å². The van der Waals surface area contributed by atoms with Gasteiger partial charge in [0.25, 0.3) is 0 Å². The molecule has 2 heterocycles. The number of nitrogens with zero attached hydrogens (tertiary/aromatic N) is 2. The van der Waals surface area contributed by atoms with Crippen LogP contribution in [0.15, 0.2) is 0 Å². The van der Waals surface area contributed by atoms with Gasteiger partial charge in [-0.05, 0) is 39.0 Å². The van der Waals surface area contributed by atoms with Gasteiger partial charge in [-0.25, -0.2) is 4.79 Å². The van der Waals surface area contributed by atoms with Crippen LogP contribution < -0.4 is 22.1 Å². The summed E-state index contributed by atoms with van der Waals surface area (Å²) in [5.74, 6) is -4.50. The molecule has 14 nitrogen and oxygen atoms in total. The van der Waals surface area contributed by atoms with E-state index in [2.05, 4.69) is 10.6 Å². The van der Waals surface area contributed by atoms with Crippen molar-refractivity contribution in [3.8, 4) is 0 Å². The van der Waals surface area contributed by atoms with Gasteiger partial charge in [0.15, 0.2) is 0 Å². The first-order chi connectivity index (χ1) is 16.5. The van der Waals surface area contributed by atoms with E-state index in [1.165, 1.54) is 16.7 Å². The molecule has 0 saturated carbocycles. The highest BCUT2D eigenvalue weighted by Crippen LogP contribution is 2.25. The molecule has 0 aromatic heterocycles. The zero-order chi connectivity index (χ0) is 26.3. The highest BCUT2D eigenvalue weighted by Gasteiger charge is 2.43. The quantitative estimate of drug-likeness (QED) is 0.167. The third-order valence-electron chi connectivity index (χ3n) is 6.16. The number of likely N-dealkylation sites (tertiary alicyclic amines) is 2. The Morgan fingerprint density at radius 3 is 2.11 bits per heavy atom.